The van der Waals surface area contributed by atoms with E-state index in [1.165, 1.54) is 6.07 Å². The van der Waals surface area contributed by atoms with Gasteiger partial charge in [-0.3, -0.25) is 0 Å². The molecule has 0 aliphatic heterocycles. The monoisotopic (exact) mass is 418 g/mol. The van der Waals surface area contributed by atoms with Gasteiger partial charge in [-0.25, -0.2) is 8.78 Å². The molecule has 1 fully saturated rings. The van der Waals surface area contributed by atoms with Gasteiger partial charge in [0.05, 0.1) is 6.61 Å². The smallest absolute Gasteiger partial charge is 0.131 e. The Kier molecular flexibility index (Phi) is 6.62. The van der Waals surface area contributed by atoms with Crippen molar-refractivity contribution in [1.29, 1.82) is 0 Å². The number of hydrogen-bond acceptors (Lipinski definition) is 1. The molecule has 0 aromatic heterocycles. The second kappa shape index (κ2) is 9.57. The Bertz CT molecular complexity index is 1050. The fourth-order valence-electron chi connectivity index (χ4n) is 4.58. The molecular weight excluding hydrogens is 390 g/mol. The maximum absolute atomic E-state index is 14.9. The summed E-state index contributed by atoms with van der Waals surface area (Å²) in [7, 11) is 1.65. The maximum Gasteiger partial charge on any atom is 0.131 e. The van der Waals surface area contributed by atoms with Gasteiger partial charge in [0.1, 0.15) is 11.6 Å². The van der Waals surface area contributed by atoms with Crippen molar-refractivity contribution in [3.8, 4) is 22.3 Å². The number of allylic oxidation sites excluding steroid dienone is 1. The Morgan fingerprint density at radius 3 is 2.03 bits per heavy atom. The second-order valence-corrected chi connectivity index (χ2v) is 8.41. The first-order chi connectivity index (χ1) is 15.1. The zero-order chi connectivity index (χ0) is 21.8. The van der Waals surface area contributed by atoms with E-state index in [4.69, 9.17) is 4.74 Å². The van der Waals surface area contributed by atoms with Crippen molar-refractivity contribution in [2.75, 3.05) is 7.11 Å². The first kappa shape index (κ1) is 21.5. The molecule has 0 N–H and O–H groups in total. The van der Waals surface area contributed by atoms with Crippen LogP contribution in [0.15, 0.2) is 73.3 Å². The SMILES string of the molecule is C=CC1CCC(c2ccc(-c3ccc(-c4ccc(COC)cc4)c(F)c3)cc2F)CC1. The summed E-state index contributed by atoms with van der Waals surface area (Å²) in [6.07, 6.45) is 6.11. The molecule has 31 heavy (non-hydrogen) atoms. The minimum Gasteiger partial charge on any atom is -0.380 e. The van der Waals surface area contributed by atoms with Gasteiger partial charge in [-0.05, 0) is 77.5 Å². The van der Waals surface area contributed by atoms with Gasteiger partial charge in [-0.1, -0.05) is 54.6 Å². The molecule has 0 atom stereocenters. The molecule has 1 aliphatic carbocycles. The van der Waals surface area contributed by atoms with Gasteiger partial charge in [0, 0.05) is 12.7 Å². The fourth-order valence-corrected chi connectivity index (χ4v) is 4.58. The third-order valence-electron chi connectivity index (χ3n) is 6.42. The highest BCUT2D eigenvalue weighted by Gasteiger charge is 2.23. The van der Waals surface area contributed by atoms with Crippen molar-refractivity contribution in [3.05, 3.63) is 96.1 Å². The standard InChI is InChI=1S/C28H28F2O/c1-3-19-4-8-21(9-5-19)25-14-12-23(16-27(25)29)24-13-15-26(28(30)17-24)22-10-6-20(7-11-22)18-31-2/h3,6-7,10-17,19,21H,1,4-5,8-9,18H2,2H3. The molecule has 0 heterocycles. The van der Waals surface area contributed by atoms with Crippen LogP contribution in [0.5, 0.6) is 0 Å². The molecule has 3 aromatic rings. The summed E-state index contributed by atoms with van der Waals surface area (Å²) in [6, 6.07) is 18.1. The molecule has 1 nitrogen and oxygen atoms in total. The zero-order valence-electron chi connectivity index (χ0n) is 17.9. The van der Waals surface area contributed by atoms with E-state index < -0.39 is 0 Å². The first-order valence-electron chi connectivity index (χ1n) is 10.9. The molecule has 3 aromatic carbocycles. The van der Waals surface area contributed by atoms with E-state index in [1.807, 2.05) is 48.5 Å². The maximum atomic E-state index is 14.9. The Hall–Kier alpha value is -2.78. The summed E-state index contributed by atoms with van der Waals surface area (Å²) in [5, 5.41) is 0. The van der Waals surface area contributed by atoms with Crippen molar-refractivity contribution in [2.45, 2.75) is 38.2 Å². The van der Waals surface area contributed by atoms with E-state index in [0.717, 1.165) is 42.4 Å². The summed E-state index contributed by atoms with van der Waals surface area (Å²) >= 11 is 0. The number of rotatable bonds is 6. The quantitative estimate of drug-likeness (QED) is 0.370. The van der Waals surface area contributed by atoms with E-state index in [-0.39, 0.29) is 17.6 Å². The van der Waals surface area contributed by atoms with Gasteiger partial charge in [0.25, 0.3) is 0 Å². The van der Waals surface area contributed by atoms with Gasteiger partial charge < -0.3 is 4.74 Å². The van der Waals surface area contributed by atoms with Crippen molar-refractivity contribution in [3.63, 3.8) is 0 Å². The molecule has 0 saturated heterocycles. The van der Waals surface area contributed by atoms with Crippen LogP contribution in [0.4, 0.5) is 8.78 Å². The second-order valence-electron chi connectivity index (χ2n) is 8.41. The molecule has 1 saturated carbocycles. The molecule has 0 amide bonds. The van der Waals surface area contributed by atoms with Crippen molar-refractivity contribution >= 4 is 0 Å². The highest BCUT2D eigenvalue weighted by atomic mass is 19.1. The van der Waals surface area contributed by atoms with E-state index in [0.29, 0.717) is 29.2 Å². The highest BCUT2D eigenvalue weighted by Crippen LogP contribution is 2.38. The van der Waals surface area contributed by atoms with Crippen molar-refractivity contribution in [2.24, 2.45) is 5.92 Å². The topological polar surface area (TPSA) is 9.23 Å². The molecule has 1 aliphatic rings. The first-order valence-corrected chi connectivity index (χ1v) is 10.9. The molecule has 0 unspecified atom stereocenters. The van der Waals surface area contributed by atoms with Crippen molar-refractivity contribution < 1.29 is 13.5 Å². The Labute approximate surface area is 183 Å². The molecule has 4 rings (SSSR count). The number of methoxy groups -OCH3 is 1. The average molecular weight is 419 g/mol. The van der Waals surface area contributed by atoms with Crippen LogP contribution in [0.1, 0.15) is 42.7 Å². The van der Waals surface area contributed by atoms with Crippen LogP contribution in [-0.2, 0) is 11.3 Å². The lowest BCUT2D eigenvalue weighted by Gasteiger charge is -2.27. The summed E-state index contributed by atoms with van der Waals surface area (Å²) in [6.45, 7) is 4.41. The lowest BCUT2D eigenvalue weighted by atomic mass is 9.78. The van der Waals surface area contributed by atoms with Crippen LogP contribution >= 0.6 is 0 Å². The van der Waals surface area contributed by atoms with Gasteiger partial charge in [-0.15, -0.1) is 6.58 Å². The predicted molar refractivity (Wildman–Crippen MR) is 123 cm³/mol. The molecule has 0 bridgehead atoms. The lowest BCUT2D eigenvalue weighted by molar-refractivity contribution is 0.185. The molecule has 0 radical (unpaired) electrons. The summed E-state index contributed by atoms with van der Waals surface area (Å²) in [5.41, 5.74) is 4.53. The number of benzene rings is 3. The Morgan fingerprint density at radius 1 is 0.839 bits per heavy atom. The zero-order valence-corrected chi connectivity index (χ0v) is 17.9. The summed E-state index contributed by atoms with van der Waals surface area (Å²) < 4.78 is 34.9. The molecule has 0 spiro atoms. The van der Waals surface area contributed by atoms with Crippen LogP contribution in [0.25, 0.3) is 22.3 Å². The van der Waals surface area contributed by atoms with Gasteiger partial charge >= 0.3 is 0 Å². The largest absolute Gasteiger partial charge is 0.380 e. The summed E-state index contributed by atoms with van der Waals surface area (Å²) in [4.78, 5) is 0. The number of ether oxygens (including phenoxy) is 1. The average Bonchev–Trinajstić information content (AvgIpc) is 2.80. The van der Waals surface area contributed by atoms with Crippen LogP contribution in [0.2, 0.25) is 0 Å². The highest BCUT2D eigenvalue weighted by molar-refractivity contribution is 5.71. The minimum absolute atomic E-state index is 0.197. The van der Waals surface area contributed by atoms with Crippen LogP contribution < -0.4 is 0 Å². The normalized spacial score (nSPS) is 18.7. The third-order valence-corrected chi connectivity index (χ3v) is 6.42. The lowest BCUT2D eigenvalue weighted by Crippen LogP contribution is -2.12. The van der Waals surface area contributed by atoms with Gasteiger partial charge in [0.15, 0.2) is 0 Å². The van der Waals surface area contributed by atoms with Crippen LogP contribution in [0.3, 0.4) is 0 Å². The predicted octanol–water partition coefficient (Wildman–Crippen LogP) is 7.91. The fraction of sp³-hybridized carbons (Fsp3) is 0.286. The van der Waals surface area contributed by atoms with Gasteiger partial charge in [-0.2, -0.15) is 0 Å². The van der Waals surface area contributed by atoms with Gasteiger partial charge in [0.2, 0.25) is 0 Å². The van der Waals surface area contributed by atoms with E-state index in [2.05, 4.69) is 6.58 Å². The Morgan fingerprint density at radius 2 is 1.45 bits per heavy atom. The minimum atomic E-state index is -0.316. The molecular formula is C28H28F2O. The van der Waals surface area contributed by atoms with E-state index >= 15 is 0 Å². The number of hydrogen-bond donors (Lipinski definition) is 0. The third kappa shape index (κ3) is 4.77. The van der Waals surface area contributed by atoms with Crippen LogP contribution in [-0.4, -0.2) is 7.11 Å². The van der Waals surface area contributed by atoms with E-state index in [1.54, 1.807) is 19.2 Å². The Balaban J connectivity index is 1.54. The number of halogens is 2. The van der Waals surface area contributed by atoms with E-state index in [9.17, 15) is 8.78 Å². The molecule has 160 valence electrons. The summed E-state index contributed by atoms with van der Waals surface area (Å²) in [5.74, 6) is 0.295. The molecule has 3 heteroatoms. The van der Waals surface area contributed by atoms with Crippen LogP contribution in [0, 0.1) is 17.6 Å². The van der Waals surface area contributed by atoms with Crippen molar-refractivity contribution in [1.82, 2.24) is 0 Å².